The summed E-state index contributed by atoms with van der Waals surface area (Å²) >= 11 is 0.0559. The SMILES string of the molecule is CCCCSC/C(=C\C#[C][Ge]([CH2]C)([CH2]C)[CH2]C)C1OCCN1c1ccccc1. The van der Waals surface area contributed by atoms with Gasteiger partial charge in [-0.1, -0.05) is 0 Å². The van der Waals surface area contributed by atoms with Crippen molar-refractivity contribution in [2.45, 2.75) is 62.5 Å². The third-order valence-electron chi connectivity index (χ3n) is 5.83. The molecule has 4 heteroatoms. The molecule has 0 spiro atoms. The van der Waals surface area contributed by atoms with E-state index in [1.165, 1.54) is 45.6 Å². The van der Waals surface area contributed by atoms with E-state index in [2.05, 4.69) is 79.7 Å². The van der Waals surface area contributed by atoms with Gasteiger partial charge in [0.05, 0.1) is 0 Å². The summed E-state index contributed by atoms with van der Waals surface area (Å²) < 4.78 is 9.96. The predicted molar refractivity (Wildman–Crippen MR) is 129 cm³/mol. The van der Waals surface area contributed by atoms with Crippen LogP contribution in [0.5, 0.6) is 0 Å². The number of anilines is 1. The van der Waals surface area contributed by atoms with Gasteiger partial charge in [-0.3, -0.25) is 0 Å². The summed E-state index contributed by atoms with van der Waals surface area (Å²) in [6.07, 6.45) is 4.75. The summed E-state index contributed by atoms with van der Waals surface area (Å²) in [7, 11) is 0. The monoisotopic (exact) mass is 461 g/mol. The van der Waals surface area contributed by atoms with Gasteiger partial charge in [-0.2, -0.15) is 0 Å². The molecule has 1 atom stereocenters. The van der Waals surface area contributed by atoms with E-state index in [0.29, 0.717) is 0 Å². The Morgan fingerprint density at radius 3 is 2.54 bits per heavy atom. The van der Waals surface area contributed by atoms with Gasteiger partial charge < -0.3 is 0 Å². The van der Waals surface area contributed by atoms with Gasteiger partial charge in [0, 0.05) is 0 Å². The molecule has 0 bridgehead atoms. The van der Waals surface area contributed by atoms with Crippen LogP contribution in [0.2, 0.25) is 15.8 Å². The van der Waals surface area contributed by atoms with Crippen molar-refractivity contribution in [1.29, 1.82) is 0 Å². The summed E-state index contributed by atoms with van der Waals surface area (Å²) in [4.78, 5) is 2.39. The molecule has 1 aromatic rings. The number of rotatable bonds is 10. The van der Waals surface area contributed by atoms with Crippen LogP contribution in [0.1, 0.15) is 40.5 Å². The van der Waals surface area contributed by atoms with Crippen LogP contribution in [0, 0.1) is 10.7 Å². The van der Waals surface area contributed by atoms with Gasteiger partial charge in [-0.05, 0) is 0 Å². The van der Waals surface area contributed by atoms with Crippen LogP contribution in [0.4, 0.5) is 5.69 Å². The summed E-state index contributed by atoms with van der Waals surface area (Å²) in [5, 5.41) is 3.89. The van der Waals surface area contributed by atoms with Crippen LogP contribution in [0.3, 0.4) is 0 Å². The number of unbranched alkanes of at least 4 members (excludes halogenated alkanes) is 1. The standard InChI is InChI=1S/C24H37GeNOS/c1-5-9-20-28-21-22(14-13-17-25(6-2,7-3)8-4)24-26(18-19-27-24)23-15-11-10-12-16-23/h10-12,14-16,24H,5-9,18-21H2,1-4H3/b22-14+. The van der Waals surface area contributed by atoms with Gasteiger partial charge >= 0.3 is 180 Å². The molecule has 0 saturated carbocycles. The second-order valence-corrected chi connectivity index (χ2v) is 18.9. The summed E-state index contributed by atoms with van der Waals surface area (Å²) in [5.74, 6) is 5.74. The Kier molecular flexibility index (Phi) is 10.6. The zero-order valence-corrected chi connectivity index (χ0v) is 21.1. The Balaban J connectivity index is 2.23. The Morgan fingerprint density at radius 1 is 1.18 bits per heavy atom. The second kappa shape index (κ2) is 12.7. The van der Waals surface area contributed by atoms with Gasteiger partial charge in [-0.15, -0.1) is 0 Å². The van der Waals surface area contributed by atoms with E-state index in [0.717, 1.165) is 18.9 Å². The number of thioether (sulfide) groups is 1. The van der Waals surface area contributed by atoms with Crippen LogP contribution in [-0.4, -0.2) is 44.2 Å². The molecule has 0 N–H and O–H groups in total. The van der Waals surface area contributed by atoms with Crippen LogP contribution >= 0.6 is 11.8 Å². The molecule has 0 amide bonds. The molecule has 154 valence electrons. The predicted octanol–water partition coefficient (Wildman–Crippen LogP) is 6.36. The van der Waals surface area contributed by atoms with Crippen LogP contribution in [-0.2, 0) is 4.74 Å². The number of hydrogen-bond donors (Lipinski definition) is 0. The number of hydrogen-bond acceptors (Lipinski definition) is 3. The average molecular weight is 460 g/mol. The Labute approximate surface area is 179 Å². The normalized spacial score (nSPS) is 17.5. The van der Waals surface area contributed by atoms with E-state index in [4.69, 9.17) is 4.74 Å². The maximum absolute atomic E-state index is 6.19. The van der Waals surface area contributed by atoms with Crippen molar-refractivity contribution < 1.29 is 4.74 Å². The molecular weight excluding hydrogens is 423 g/mol. The molecule has 1 heterocycles. The van der Waals surface area contributed by atoms with Gasteiger partial charge in [-0.25, -0.2) is 0 Å². The van der Waals surface area contributed by atoms with Gasteiger partial charge in [0.2, 0.25) is 0 Å². The Bertz CT molecular complexity index is 652. The topological polar surface area (TPSA) is 12.5 Å². The van der Waals surface area contributed by atoms with E-state index in [1.807, 2.05) is 11.8 Å². The van der Waals surface area contributed by atoms with Crippen LogP contribution in [0.25, 0.3) is 0 Å². The average Bonchev–Trinajstić information content (AvgIpc) is 3.23. The van der Waals surface area contributed by atoms with Crippen molar-refractivity contribution in [2.24, 2.45) is 0 Å². The van der Waals surface area contributed by atoms with E-state index in [-0.39, 0.29) is 6.23 Å². The van der Waals surface area contributed by atoms with Crippen LogP contribution < -0.4 is 4.90 Å². The van der Waals surface area contributed by atoms with E-state index in [1.54, 1.807) is 0 Å². The molecular formula is C24H37GeNOS. The van der Waals surface area contributed by atoms with Crippen molar-refractivity contribution in [2.75, 3.05) is 29.6 Å². The van der Waals surface area contributed by atoms with Crippen molar-refractivity contribution in [3.8, 4) is 10.7 Å². The Morgan fingerprint density at radius 2 is 1.89 bits per heavy atom. The van der Waals surface area contributed by atoms with E-state index in [9.17, 15) is 0 Å². The number of allylic oxidation sites excluding steroid dienone is 1. The van der Waals surface area contributed by atoms with Gasteiger partial charge in [0.25, 0.3) is 0 Å². The first-order valence-electron chi connectivity index (χ1n) is 10.9. The Hall–Kier alpha value is -0.827. The summed E-state index contributed by atoms with van der Waals surface area (Å²) in [5.41, 5.74) is 2.57. The van der Waals surface area contributed by atoms with Crippen molar-refractivity contribution in [1.82, 2.24) is 0 Å². The molecule has 1 saturated heterocycles. The minimum atomic E-state index is -1.96. The quantitative estimate of drug-likeness (QED) is 0.229. The van der Waals surface area contributed by atoms with Crippen molar-refractivity contribution >= 4 is 30.7 Å². The zero-order chi connectivity index (χ0) is 20.2. The minimum absolute atomic E-state index is 0.0256. The van der Waals surface area contributed by atoms with Crippen molar-refractivity contribution in [3.05, 3.63) is 42.0 Å². The summed E-state index contributed by atoms with van der Waals surface area (Å²) in [6, 6.07) is 10.6. The van der Waals surface area contributed by atoms with Gasteiger partial charge in [0.15, 0.2) is 0 Å². The number of para-hydroxylation sites is 1. The number of nitrogens with zero attached hydrogens (tertiary/aromatic N) is 1. The molecule has 1 unspecified atom stereocenters. The first kappa shape index (κ1) is 23.5. The second-order valence-electron chi connectivity index (χ2n) is 7.49. The molecule has 0 aliphatic carbocycles. The van der Waals surface area contributed by atoms with Crippen LogP contribution in [0.15, 0.2) is 42.0 Å². The molecule has 2 rings (SSSR count). The molecule has 1 fully saturated rings. The summed E-state index contributed by atoms with van der Waals surface area (Å²) in [6.45, 7) is 11.0. The zero-order valence-electron chi connectivity index (χ0n) is 18.2. The molecule has 0 aromatic heterocycles. The fourth-order valence-electron chi connectivity index (χ4n) is 3.58. The third kappa shape index (κ3) is 6.61. The number of benzene rings is 1. The molecule has 2 nitrogen and oxygen atoms in total. The molecule has 1 aliphatic rings. The third-order valence-corrected chi connectivity index (χ3v) is 16.9. The van der Waals surface area contributed by atoms with Gasteiger partial charge in [0.1, 0.15) is 0 Å². The van der Waals surface area contributed by atoms with Crippen molar-refractivity contribution in [3.63, 3.8) is 0 Å². The molecule has 1 aliphatic heterocycles. The maximum atomic E-state index is 6.19. The number of ether oxygens (including phenoxy) is 1. The fraction of sp³-hybridized carbons (Fsp3) is 0.583. The van der Waals surface area contributed by atoms with E-state index >= 15 is 0 Å². The molecule has 28 heavy (non-hydrogen) atoms. The first-order chi connectivity index (χ1) is 13.7. The van der Waals surface area contributed by atoms with E-state index < -0.39 is 13.3 Å². The fourth-order valence-corrected chi connectivity index (χ4v) is 9.73. The first-order valence-corrected chi connectivity index (χ1v) is 17.6. The molecule has 1 aromatic carbocycles. The molecule has 0 radical (unpaired) electrons.